The Hall–Kier alpha value is -3.37. The average Bonchev–Trinajstić information content (AvgIpc) is 2.68. The van der Waals surface area contributed by atoms with Crippen molar-refractivity contribution in [3.63, 3.8) is 0 Å². The van der Waals surface area contributed by atoms with E-state index in [9.17, 15) is 9.59 Å². The molecule has 3 rings (SSSR count). The molecule has 4 nitrogen and oxygen atoms in total. The zero-order valence-corrected chi connectivity index (χ0v) is 15.0. The van der Waals surface area contributed by atoms with E-state index in [2.05, 4.69) is 5.32 Å². The number of amides is 1. The van der Waals surface area contributed by atoms with Crippen molar-refractivity contribution in [1.29, 1.82) is 0 Å². The van der Waals surface area contributed by atoms with Gasteiger partial charge in [-0.2, -0.15) is 0 Å². The first-order valence-corrected chi connectivity index (χ1v) is 8.58. The molecule has 1 amide bonds. The summed E-state index contributed by atoms with van der Waals surface area (Å²) in [5, 5.41) is 12.3. The second-order valence-electron chi connectivity index (χ2n) is 5.80. The molecule has 0 saturated carbocycles. The predicted octanol–water partition coefficient (Wildman–Crippen LogP) is 5.36. The maximum Gasteiger partial charge on any atom is 0.335 e. The van der Waals surface area contributed by atoms with Crippen LogP contribution >= 0.6 is 11.6 Å². The van der Waals surface area contributed by atoms with E-state index >= 15 is 0 Å². The molecule has 134 valence electrons. The molecule has 0 saturated heterocycles. The topological polar surface area (TPSA) is 66.4 Å². The molecule has 0 atom stereocenters. The second-order valence-corrected chi connectivity index (χ2v) is 6.24. The predicted molar refractivity (Wildman–Crippen MR) is 108 cm³/mol. The fourth-order valence-electron chi connectivity index (χ4n) is 2.58. The number of benzene rings is 3. The van der Waals surface area contributed by atoms with Crippen molar-refractivity contribution >= 4 is 35.2 Å². The summed E-state index contributed by atoms with van der Waals surface area (Å²) in [6.45, 7) is 0. The molecular formula is C22H16ClNO3. The van der Waals surface area contributed by atoms with Gasteiger partial charge in [-0.05, 0) is 59.2 Å². The van der Waals surface area contributed by atoms with E-state index in [1.165, 1.54) is 18.2 Å². The molecule has 0 unspecified atom stereocenters. The standard InChI is InChI=1S/C22H16ClNO3/c23-18-10-5-16(6-11-18)20-4-2-1-3-15(20)9-14-21(25)24-19-12-7-17(8-13-19)22(26)27/h1-14H,(H,24,25)(H,26,27)/b14-9+. The summed E-state index contributed by atoms with van der Waals surface area (Å²) >= 11 is 5.95. The Morgan fingerprint density at radius 1 is 0.889 bits per heavy atom. The number of aromatic carboxylic acids is 1. The number of carboxylic acid groups (broad SMARTS) is 1. The van der Waals surface area contributed by atoms with E-state index in [0.717, 1.165) is 16.7 Å². The van der Waals surface area contributed by atoms with Crippen molar-refractivity contribution in [3.8, 4) is 11.1 Å². The molecule has 0 bridgehead atoms. The number of nitrogens with one attached hydrogen (secondary N) is 1. The number of carboxylic acids is 1. The minimum Gasteiger partial charge on any atom is -0.478 e. The Morgan fingerprint density at radius 2 is 1.56 bits per heavy atom. The van der Waals surface area contributed by atoms with Crippen LogP contribution in [0, 0.1) is 0 Å². The third kappa shape index (κ3) is 4.84. The molecule has 0 fully saturated rings. The van der Waals surface area contributed by atoms with Gasteiger partial charge in [-0.25, -0.2) is 4.79 Å². The molecule has 27 heavy (non-hydrogen) atoms. The van der Waals surface area contributed by atoms with Crippen LogP contribution in [-0.2, 0) is 4.79 Å². The maximum atomic E-state index is 12.2. The number of hydrogen-bond donors (Lipinski definition) is 2. The van der Waals surface area contributed by atoms with Crippen LogP contribution in [0.1, 0.15) is 15.9 Å². The van der Waals surface area contributed by atoms with Crippen LogP contribution in [0.5, 0.6) is 0 Å². The van der Waals surface area contributed by atoms with Crippen molar-refractivity contribution in [1.82, 2.24) is 0 Å². The molecule has 0 aliphatic rings. The van der Waals surface area contributed by atoms with Gasteiger partial charge in [-0.3, -0.25) is 4.79 Å². The summed E-state index contributed by atoms with van der Waals surface area (Å²) in [6, 6.07) is 21.2. The van der Waals surface area contributed by atoms with Gasteiger partial charge in [0.15, 0.2) is 0 Å². The molecule has 0 aliphatic heterocycles. The largest absolute Gasteiger partial charge is 0.478 e. The monoisotopic (exact) mass is 377 g/mol. The van der Waals surface area contributed by atoms with Crippen molar-refractivity contribution < 1.29 is 14.7 Å². The summed E-state index contributed by atoms with van der Waals surface area (Å²) in [5.74, 6) is -1.31. The van der Waals surface area contributed by atoms with Crippen molar-refractivity contribution in [2.75, 3.05) is 5.32 Å². The van der Waals surface area contributed by atoms with Crippen molar-refractivity contribution in [2.45, 2.75) is 0 Å². The Balaban J connectivity index is 1.75. The van der Waals surface area contributed by atoms with Crippen LogP contribution < -0.4 is 5.32 Å². The zero-order chi connectivity index (χ0) is 19.2. The third-order valence-corrected chi connectivity index (χ3v) is 4.18. The Bertz CT molecular complexity index is 993. The van der Waals surface area contributed by atoms with Crippen LogP contribution in [0.4, 0.5) is 5.69 Å². The van der Waals surface area contributed by atoms with Gasteiger partial charge >= 0.3 is 5.97 Å². The number of rotatable bonds is 5. The summed E-state index contributed by atoms with van der Waals surface area (Å²) in [6.07, 6.45) is 3.19. The molecule has 0 radical (unpaired) electrons. The molecule has 0 aliphatic carbocycles. The van der Waals surface area contributed by atoms with Gasteiger partial charge in [0.2, 0.25) is 5.91 Å². The molecule has 3 aromatic carbocycles. The van der Waals surface area contributed by atoms with Gasteiger partial charge < -0.3 is 10.4 Å². The highest BCUT2D eigenvalue weighted by molar-refractivity contribution is 6.30. The van der Waals surface area contributed by atoms with Gasteiger partial charge in [-0.15, -0.1) is 0 Å². The number of carbonyl (C=O) groups excluding carboxylic acids is 1. The number of carbonyl (C=O) groups is 2. The Labute approximate surface area is 161 Å². The molecule has 0 spiro atoms. The minimum atomic E-state index is -1.01. The number of anilines is 1. The lowest BCUT2D eigenvalue weighted by molar-refractivity contribution is -0.111. The zero-order valence-electron chi connectivity index (χ0n) is 14.2. The number of halogens is 1. The summed E-state index contributed by atoms with van der Waals surface area (Å²) in [4.78, 5) is 23.0. The molecule has 0 heterocycles. The second kappa shape index (κ2) is 8.34. The molecule has 2 N–H and O–H groups in total. The lowest BCUT2D eigenvalue weighted by atomic mass is 9.99. The van der Waals surface area contributed by atoms with Gasteiger partial charge in [-0.1, -0.05) is 48.0 Å². The van der Waals surface area contributed by atoms with E-state index in [4.69, 9.17) is 16.7 Å². The first-order chi connectivity index (χ1) is 13.0. The van der Waals surface area contributed by atoms with E-state index in [1.807, 2.05) is 48.5 Å². The normalized spacial score (nSPS) is 10.7. The highest BCUT2D eigenvalue weighted by atomic mass is 35.5. The smallest absolute Gasteiger partial charge is 0.335 e. The quantitative estimate of drug-likeness (QED) is 0.588. The van der Waals surface area contributed by atoms with Crippen LogP contribution in [0.2, 0.25) is 5.02 Å². The fourth-order valence-corrected chi connectivity index (χ4v) is 2.71. The fraction of sp³-hybridized carbons (Fsp3) is 0. The summed E-state index contributed by atoms with van der Waals surface area (Å²) in [5.41, 5.74) is 3.59. The summed E-state index contributed by atoms with van der Waals surface area (Å²) < 4.78 is 0. The molecular weight excluding hydrogens is 362 g/mol. The highest BCUT2D eigenvalue weighted by Crippen LogP contribution is 2.26. The van der Waals surface area contributed by atoms with Crippen LogP contribution in [0.3, 0.4) is 0 Å². The SMILES string of the molecule is O=C(/C=C/c1ccccc1-c1ccc(Cl)cc1)Nc1ccc(C(=O)O)cc1. The maximum absolute atomic E-state index is 12.2. The third-order valence-electron chi connectivity index (χ3n) is 3.93. The van der Waals surface area contributed by atoms with Crippen molar-refractivity contribution in [2.24, 2.45) is 0 Å². The van der Waals surface area contributed by atoms with Crippen LogP contribution in [0.25, 0.3) is 17.2 Å². The van der Waals surface area contributed by atoms with E-state index in [-0.39, 0.29) is 11.5 Å². The van der Waals surface area contributed by atoms with Gasteiger partial charge in [0.1, 0.15) is 0 Å². The van der Waals surface area contributed by atoms with E-state index in [1.54, 1.807) is 18.2 Å². The van der Waals surface area contributed by atoms with E-state index in [0.29, 0.717) is 10.7 Å². The Kier molecular flexibility index (Phi) is 5.69. The van der Waals surface area contributed by atoms with Crippen molar-refractivity contribution in [3.05, 3.63) is 95.0 Å². The first kappa shape index (κ1) is 18.4. The molecule has 5 heteroatoms. The highest BCUT2D eigenvalue weighted by Gasteiger charge is 2.05. The molecule has 0 aromatic heterocycles. The lowest BCUT2D eigenvalue weighted by Gasteiger charge is -2.07. The average molecular weight is 378 g/mol. The van der Waals surface area contributed by atoms with Gasteiger partial charge in [0.25, 0.3) is 0 Å². The van der Waals surface area contributed by atoms with Gasteiger partial charge in [0, 0.05) is 16.8 Å². The minimum absolute atomic E-state index is 0.167. The lowest BCUT2D eigenvalue weighted by Crippen LogP contribution is -2.08. The summed E-state index contributed by atoms with van der Waals surface area (Å²) in [7, 11) is 0. The first-order valence-electron chi connectivity index (χ1n) is 8.20. The van der Waals surface area contributed by atoms with Crippen LogP contribution in [0.15, 0.2) is 78.9 Å². The molecule has 3 aromatic rings. The van der Waals surface area contributed by atoms with E-state index < -0.39 is 5.97 Å². The van der Waals surface area contributed by atoms with Crippen LogP contribution in [-0.4, -0.2) is 17.0 Å². The number of hydrogen-bond acceptors (Lipinski definition) is 2. The van der Waals surface area contributed by atoms with Gasteiger partial charge in [0.05, 0.1) is 5.56 Å². The Morgan fingerprint density at radius 3 is 2.22 bits per heavy atom.